The topological polar surface area (TPSA) is 41.1 Å². The lowest BCUT2D eigenvalue weighted by Gasteiger charge is -2.20. The Balaban J connectivity index is 1.47. The van der Waals surface area contributed by atoms with E-state index in [2.05, 4.69) is 20.2 Å². The van der Waals surface area contributed by atoms with Crippen LogP contribution in [0.2, 0.25) is 0 Å². The molecule has 1 aromatic heterocycles. The predicted octanol–water partition coefficient (Wildman–Crippen LogP) is 2.46. The highest BCUT2D eigenvalue weighted by molar-refractivity contribution is 5.26. The maximum atomic E-state index is 4.33. The third-order valence-corrected chi connectivity index (χ3v) is 4.38. The smallest absolute Gasteiger partial charge is 0.222 e. The first-order valence-corrected chi connectivity index (χ1v) is 7.57. The molecule has 2 aliphatic rings. The van der Waals surface area contributed by atoms with E-state index in [1.165, 1.54) is 45.2 Å². The molecule has 3 rings (SSSR count). The Kier molecular flexibility index (Phi) is 3.97. The Morgan fingerprint density at radius 2 is 1.95 bits per heavy atom. The van der Waals surface area contributed by atoms with E-state index in [1.807, 2.05) is 19.3 Å². The summed E-state index contributed by atoms with van der Waals surface area (Å²) in [6.45, 7) is 5.68. The van der Waals surface area contributed by atoms with E-state index in [1.54, 1.807) is 0 Å². The fourth-order valence-electron chi connectivity index (χ4n) is 3.32. The van der Waals surface area contributed by atoms with Gasteiger partial charge in [0.05, 0.1) is 0 Å². The Morgan fingerprint density at radius 3 is 2.68 bits per heavy atom. The van der Waals surface area contributed by atoms with Crippen LogP contribution in [0.5, 0.6) is 0 Å². The van der Waals surface area contributed by atoms with Gasteiger partial charge in [-0.25, -0.2) is 9.97 Å². The molecule has 2 heterocycles. The molecule has 4 heteroatoms. The van der Waals surface area contributed by atoms with Crippen molar-refractivity contribution in [2.45, 2.75) is 45.1 Å². The molecule has 19 heavy (non-hydrogen) atoms. The summed E-state index contributed by atoms with van der Waals surface area (Å²) in [5, 5.41) is 3.46. The summed E-state index contributed by atoms with van der Waals surface area (Å²) in [7, 11) is 0. The van der Waals surface area contributed by atoms with Gasteiger partial charge in [0.15, 0.2) is 0 Å². The van der Waals surface area contributed by atoms with Crippen LogP contribution in [0.1, 0.15) is 37.7 Å². The minimum absolute atomic E-state index is 0.518. The summed E-state index contributed by atoms with van der Waals surface area (Å²) in [6, 6.07) is 0.518. The number of rotatable bonds is 4. The first kappa shape index (κ1) is 12.9. The molecule has 1 N–H and O–H groups in total. The van der Waals surface area contributed by atoms with E-state index in [9.17, 15) is 0 Å². The first-order valence-electron chi connectivity index (χ1n) is 7.57. The standard InChI is InChI=1S/C15H24N4/c1-12-8-16-15(17-9-12)18-14-6-7-19(11-14)10-13-4-2-3-5-13/h8-9,13-14H,2-7,10-11H2,1H3,(H,16,17,18). The molecule has 1 saturated carbocycles. The fraction of sp³-hybridized carbons (Fsp3) is 0.733. The minimum atomic E-state index is 0.518. The highest BCUT2D eigenvalue weighted by Gasteiger charge is 2.26. The van der Waals surface area contributed by atoms with Gasteiger partial charge < -0.3 is 10.2 Å². The van der Waals surface area contributed by atoms with Crippen LogP contribution in [0.3, 0.4) is 0 Å². The third-order valence-electron chi connectivity index (χ3n) is 4.38. The van der Waals surface area contributed by atoms with E-state index in [-0.39, 0.29) is 0 Å². The molecule has 0 spiro atoms. The Hall–Kier alpha value is -1.16. The number of likely N-dealkylation sites (tertiary alicyclic amines) is 1. The Bertz CT molecular complexity index is 397. The molecule has 104 valence electrons. The number of anilines is 1. The molecule has 1 unspecified atom stereocenters. The summed E-state index contributed by atoms with van der Waals surface area (Å²) in [6.07, 6.45) is 10.7. The molecule has 1 aromatic rings. The molecule has 4 nitrogen and oxygen atoms in total. The second-order valence-corrected chi connectivity index (χ2v) is 6.12. The molecular formula is C15H24N4. The highest BCUT2D eigenvalue weighted by atomic mass is 15.2. The average Bonchev–Trinajstić information content (AvgIpc) is 3.05. The lowest BCUT2D eigenvalue weighted by Crippen LogP contribution is -2.30. The summed E-state index contributed by atoms with van der Waals surface area (Å²) in [5.74, 6) is 1.73. The van der Waals surface area contributed by atoms with Crippen molar-refractivity contribution in [1.82, 2.24) is 14.9 Å². The van der Waals surface area contributed by atoms with Crippen molar-refractivity contribution in [3.63, 3.8) is 0 Å². The van der Waals surface area contributed by atoms with Crippen LogP contribution in [0.15, 0.2) is 12.4 Å². The molecule has 0 bridgehead atoms. The van der Waals surface area contributed by atoms with E-state index >= 15 is 0 Å². The number of nitrogens with one attached hydrogen (secondary N) is 1. The zero-order valence-electron chi connectivity index (χ0n) is 11.8. The monoisotopic (exact) mass is 260 g/mol. The number of hydrogen-bond donors (Lipinski definition) is 1. The normalized spacial score (nSPS) is 25.0. The Morgan fingerprint density at radius 1 is 1.21 bits per heavy atom. The minimum Gasteiger partial charge on any atom is -0.350 e. The van der Waals surface area contributed by atoms with Crippen LogP contribution >= 0.6 is 0 Å². The van der Waals surface area contributed by atoms with E-state index < -0.39 is 0 Å². The second-order valence-electron chi connectivity index (χ2n) is 6.12. The number of nitrogens with zero attached hydrogens (tertiary/aromatic N) is 3. The maximum Gasteiger partial charge on any atom is 0.222 e. The SMILES string of the molecule is Cc1cnc(NC2CCN(CC3CCCC3)C2)nc1. The second kappa shape index (κ2) is 5.87. The zero-order valence-corrected chi connectivity index (χ0v) is 11.8. The highest BCUT2D eigenvalue weighted by Crippen LogP contribution is 2.26. The van der Waals surface area contributed by atoms with Crippen LogP contribution < -0.4 is 5.32 Å². The molecule has 0 amide bonds. The molecule has 1 aliphatic heterocycles. The van der Waals surface area contributed by atoms with Crippen molar-refractivity contribution in [2.75, 3.05) is 25.0 Å². The van der Waals surface area contributed by atoms with E-state index in [0.717, 1.165) is 24.0 Å². The van der Waals surface area contributed by atoms with Gasteiger partial charge in [-0.1, -0.05) is 12.8 Å². The molecule has 0 aromatic carbocycles. The molecule has 2 fully saturated rings. The van der Waals surface area contributed by atoms with Gasteiger partial charge in [0.2, 0.25) is 5.95 Å². The van der Waals surface area contributed by atoms with Gasteiger partial charge in [-0.3, -0.25) is 0 Å². The van der Waals surface area contributed by atoms with Gasteiger partial charge >= 0.3 is 0 Å². The van der Waals surface area contributed by atoms with Gasteiger partial charge in [0, 0.05) is 38.1 Å². The third kappa shape index (κ3) is 3.44. The summed E-state index contributed by atoms with van der Waals surface area (Å²) in [4.78, 5) is 11.3. The quantitative estimate of drug-likeness (QED) is 0.903. The van der Waals surface area contributed by atoms with Crippen molar-refractivity contribution < 1.29 is 0 Å². The van der Waals surface area contributed by atoms with Crippen LogP contribution in [-0.2, 0) is 0 Å². The van der Waals surface area contributed by atoms with Gasteiger partial charge in [0.1, 0.15) is 0 Å². The first-order chi connectivity index (χ1) is 9.29. The van der Waals surface area contributed by atoms with Gasteiger partial charge in [-0.05, 0) is 37.7 Å². The number of aryl methyl sites for hydroxylation is 1. The van der Waals surface area contributed by atoms with Crippen molar-refractivity contribution >= 4 is 5.95 Å². The van der Waals surface area contributed by atoms with Crippen LogP contribution in [-0.4, -0.2) is 40.5 Å². The summed E-state index contributed by atoms with van der Waals surface area (Å²) < 4.78 is 0. The summed E-state index contributed by atoms with van der Waals surface area (Å²) in [5.41, 5.74) is 1.11. The van der Waals surface area contributed by atoms with Gasteiger partial charge in [-0.2, -0.15) is 0 Å². The van der Waals surface area contributed by atoms with Crippen LogP contribution in [0, 0.1) is 12.8 Å². The average molecular weight is 260 g/mol. The Labute approximate surface area is 115 Å². The van der Waals surface area contributed by atoms with Crippen molar-refractivity contribution in [1.29, 1.82) is 0 Å². The lowest BCUT2D eigenvalue weighted by atomic mass is 10.1. The van der Waals surface area contributed by atoms with Crippen LogP contribution in [0.25, 0.3) is 0 Å². The fourth-order valence-corrected chi connectivity index (χ4v) is 3.32. The van der Waals surface area contributed by atoms with Gasteiger partial charge in [-0.15, -0.1) is 0 Å². The molecule has 1 saturated heterocycles. The molecule has 0 radical (unpaired) electrons. The van der Waals surface area contributed by atoms with E-state index in [0.29, 0.717) is 6.04 Å². The molecule has 1 aliphatic carbocycles. The zero-order chi connectivity index (χ0) is 13.1. The molecular weight excluding hydrogens is 236 g/mol. The largest absolute Gasteiger partial charge is 0.350 e. The summed E-state index contributed by atoms with van der Waals surface area (Å²) >= 11 is 0. The number of hydrogen-bond acceptors (Lipinski definition) is 4. The van der Waals surface area contributed by atoms with E-state index in [4.69, 9.17) is 0 Å². The molecule has 1 atom stereocenters. The van der Waals surface area contributed by atoms with Crippen molar-refractivity contribution in [3.05, 3.63) is 18.0 Å². The van der Waals surface area contributed by atoms with Crippen molar-refractivity contribution in [3.8, 4) is 0 Å². The van der Waals surface area contributed by atoms with Gasteiger partial charge in [0.25, 0.3) is 0 Å². The van der Waals surface area contributed by atoms with Crippen molar-refractivity contribution in [2.24, 2.45) is 5.92 Å². The predicted molar refractivity (Wildman–Crippen MR) is 77.2 cm³/mol. The number of aromatic nitrogens is 2. The van der Waals surface area contributed by atoms with Crippen LogP contribution in [0.4, 0.5) is 5.95 Å². The maximum absolute atomic E-state index is 4.33. The lowest BCUT2D eigenvalue weighted by molar-refractivity contribution is 0.278.